The van der Waals surface area contributed by atoms with Crippen LogP contribution in [0.4, 0.5) is 0 Å². The maximum Gasteiger partial charge on any atom is 0.109 e. The van der Waals surface area contributed by atoms with Crippen LogP contribution in [0.15, 0.2) is 48.5 Å². The standard InChI is InChI=1S/C19H21NO/c1-13-10-11-19(21,17-9-5-4-7-15(13)17)18-16-8-3-2-6-14(16)12-20-18/h2-9,13,18,20-21H,10-12H2,1H3. The second-order valence-electron chi connectivity index (χ2n) is 6.46. The van der Waals surface area contributed by atoms with E-state index in [-0.39, 0.29) is 6.04 Å². The van der Waals surface area contributed by atoms with Crippen molar-refractivity contribution in [1.29, 1.82) is 0 Å². The lowest BCUT2D eigenvalue weighted by Crippen LogP contribution is -2.41. The van der Waals surface area contributed by atoms with E-state index < -0.39 is 5.60 Å². The number of benzene rings is 2. The Morgan fingerprint density at radius 2 is 1.76 bits per heavy atom. The summed E-state index contributed by atoms with van der Waals surface area (Å²) < 4.78 is 0. The van der Waals surface area contributed by atoms with Gasteiger partial charge in [0, 0.05) is 6.54 Å². The van der Waals surface area contributed by atoms with Crippen molar-refractivity contribution in [3.63, 3.8) is 0 Å². The van der Waals surface area contributed by atoms with Gasteiger partial charge >= 0.3 is 0 Å². The van der Waals surface area contributed by atoms with Crippen molar-refractivity contribution in [3.8, 4) is 0 Å². The summed E-state index contributed by atoms with van der Waals surface area (Å²) in [5.41, 5.74) is 4.18. The van der Waals surface area contributed by atoms with Crippen molar-refractivity contribution >= 4 is 0 Å². The molecule has 2 heteroatoms. The van der Waals surface area contributed by atoms with Crippen LogP contribution in [0.5, 0.6) is 0 Å². The number of rotatable bonds is 1. The van der Waals surface area contributed by atoms with E-state index in [2.05, 4.69) is 54.7 Å². The summed E-state index contributed by atoms with van der Waals surface area (Å²) in [6, 6.07) is 16.9. The summed E-state index contributed by atoms with van der Waals surface area (Å²) >= 11 is 0. The van der Waals surface area contributed by atoms with Gasteiger partial charge in [0.05, 0.1) is 6.04 Å². The van der Waals surface area contributed by atoms with Gasteiger partial charge in [-0.3, -0.25) is 0 Å². The first-order valence-electron chi connectivity index (χ1n) is 7.83. The van der Waals surface area contributed by atoms with Gasteiger partial charge in [0.1, 0.15) is 5.60 Å². The fraction of sp³-hybridized carbons (Fsp3) is 0.368. The fourth-order valence-electron chi connectivity index (χ4n) is 4.07. The van der Waals surface area contributed by atoms with Crippen molar-refractivity contribution in [1.82, 2.24) is 5.32 Å². The highest BCUT2D eigenvalue weighted by Crippen LogP contribution is 2.49. The predicted octanol–water partition coefficient (Wildman–Crippen LogP) is 3.62. The van der Waals surface area contributed by atoms with E-state index in [1.165, 1.54) is 16.7 Å². The third kappa shape index (κ3) is 1.86. The molecular weight excluding hydrogens is 258 g/mol. The highest BCUT2D eigenvalue weighted by Gasteiger charge is 2.45. The van der Waals surface area contributed by atoms with Crippen molar-refractivity contribution in [2.24, 2.45) is 0 Å². The molecule has 3 atom stereocenters. The van der Waals surface area contributed by atoms with Gasteiger partial charge < -0.3 is 10.4 Å². The van der Waals surface area contributed by atoms with Gasteiger partial charge in [-0.25, -0.2) is 0 Å². The molecule has 2 aromatic carbocycles. The molecule has 1 aliphatic carbocycles. The number of nitrogens with one attached hydrogen (secondary N) is 1. The SMILES string of the molecule is CC1CCC(O)(C2NCc3ccccc32)c2ccccc21. The Labute approximate surface area is 125 Å². The van der Waals surface area contributed by atoms with E-state index in [1.807, 2.05) is 6.07 Å². The Morgan fingerprint density at radius 3 is 2.62 bits per heavy atom. The molecule has 0 amide bonds. The molecule has 21 heavy (non-hydrogen) atoms. The van der Waals surface area contributed by atoms with Gasteiger partial charge in [0.25, 0.3) is 0 Å². The molecule has 2 aliphatic rings. The number of hydrogen-bond donors (Lipinski definition) is 2. The highest BCUT2D eigenvalue weighted by atomic mass is 16.3. The van der Waals surface area contributed by atoms with Crippen LogP contribution in [0.25, 0.3) is 0 Å². The number of hydrogen-bond acceptors (Lipinski definition) is 2. The molecule has 0 aromatic heterocycles. The van der Waals surface area contributed by atoms with E-state index >= 15 is 0 Å². The second kappa shape index (κ2) is 4.69. The molecule has 3 unspecified atom stereocenters. The molecule has 2 aromatic rings. The quantitative estimate of drug-likeness (QED) is 0.835. The maximum atomic E-state index is 11.5. The maximum absolute atomic E-state index is 11.5. The first kappa shape index (κ1) is 13.1. The van der Waals surface area contributed by atoms with Crippen molar-refractivity contribution in [2.45, 2.75) is 43.9 Å². The molecule has 1 heterocycles. The summed E-state index contributed by atoms with van der Waals surface area (Å²) in [7, 11) is 0. The van der Waals surface area contributed by atoms with Gasteiger partial charge in [-0.15, -0.1) is 0 Å². The van der Waals surface area contributed by atoms with Crippen LogP contribution < -0.4 is 5.32 Å². The minimum atomic E-state index is -0.796. The lowest BCUT2D eigenvalue weighted by atomic mass is 9.70. The Morgan fingerprint density at radius 1 is 1.05 bits per heavy atom. The van der Waals surface area contributed by atoms with E-state index in [1.54, 1.807) is 0 Å². The smallest absolute Gasteiger partial charge is 0.109 e. The van der Waals surface area contributed by atoms with E-state index in [0.29, 0.717) is 5.92 Å². The van der Waals surface area contributed by atoms with E-state index in [4.69, 9.17) is 0 Å². The zero-order valence-electron chi connectivity index (χ0n) is 12.3. The zero-order valence-corrected chi connectivity index (χ0v) is 12.3. The first-order chi connectivity index (χ1) is 10.2. The third-order valence-corrected chi connectivity index (χ3v) is 5.26. The molecule has 1 aliphatic heterocycles. The van der Waals surface area contributed by atoms with Gasteiger partial charge in [-0.2, -0.15) is 0 Å². The molecule has 0 saturated heterocycles. The Kier molecular flexibility index (Phi) is 2.91. The second-order valence-corrected chi connectivity index (χ2v) is 6.46. The fourth-order valence-corrected chi connectivity index (χ4v) is 4.07. The van der Waals surface area contributed by atoms with Crippen LogP contribution >= 0.6 is 0 Å². The van der Waals surface area contributed by atoms with Gasteiger partial charge in [0.15, 0.2) is 0 Å². The summed E-state index contributed by atoms with van der Waals surface area (Å²) in [5.74, 6) is 0.526. The van der Waals surface area contributed by atoms with Gasteiger partial charge in [0.2, 0.25) is 0 Å². The minimum Gasteiger partial charge on any atom is -0.383 e. The molecule has 0 bridgehead atoms. The van der Waals surface area contributed by atoms with Crippen LogP contribution in [0.3, 0.4) is 0 Å². The summed E-state index contributed by atoms with van der Waals surface area (Å²) in [5, 5.41) is 15.1. The molecule has 4 rings (SSSR count). The molecular formula is C19H21NO. The van der Waals surface area contributed by atoms with Crippen LogP contribution in [-0.4, -0.2) is 5.11 Å². The van der Waals surface area contributed by atoms with Crippen LogP contribution in [0.2, 0.25) is 0 Å². The first-order valence-corrected chi connectivity index (χ1v) is 7.83. The van der Waals surface area contributed by atoms with Crippen molar-refractivity contribution in [3.05, 3.63) is 70.8 Å². The average molecular weight is 279 g/mol. The molecule has 0 fully saturated rings. The van der Waals surface area contributed by atoms with Crippen molar-refractivity contribution < 1.29 is 5.11 Å². The summed E-state index contributed by atoms with van der Waals surface area (Å²) in [4.78, 5) is 0. The zero-order chi connectivity index (χ0) is 14.4. The van der Waals surface area contributed by atoms with E-state index in [0.717, 1.165) is 24.9 Å². The Bertz CT molecular complexity index is 681. The molecule has 2 nitrogen and oxygen atoms in total. The molecule has 2 N–H and O–H groups in total. The van der Waals surface area contributed by atoms with Crippen molar-refractivity contribution in [2.75, 3.05) is 0 Å². The lowest BCUT2D eigenvalue weighted by molar-refractivity contribution is -0.0200. The van der Waals surface area contributed by atoms with Crippen LogP contribution in [0, 0.1) is 0 Å². The predicted molar refractivity (Wildman–Crippen MR) is 84.0 cm³/mol. The summed E-state index contributed by atoms with van der Waals surface area (Å²) in [6.07, 6.45) is 1.85. The Hall–Kier alpha value is -1.64. The molecule has 0 saturated carbocycles. The molecule has 0 spiro atoms. The average Bonchev–Trinajstić information content (AvgIpc) is 2.96. The largest absolute Gasteiger partial charge is 0.383 e. The normalized spacial score (nSPS) is 30.8. The highest BCUT2D eigenvalue weighted by molar-refractivity contribution is 5.44. The minimum absolute atomic E-state index is 0.00218. The Balaban J connectivity index is 1.84. The number of fused-ring (bicyclic) bond motifs is 2. The van der Waals surface area contributed by atoms with Gasteiger partial charge in [-0.1, -0.05) is 55.5 Å². The lowest BCUT2D eigenvalue weighted by Gasteiger charge is -2.41. The van der Waals surface area contributed by atoms with Gasteiger partial charge in [-0.05, 0) is 41.0 Å². The topological polar surface area (TPSA) is 32.3 Å². The molecule has 0 radical (unpaired) electrons. The van der Waals surface area contributed by atoms with E-state index in [9.17, 15) is 5.11 Å². The van der Waals surface area contributed by atoms with Crippen LogP contribution in [0.1, 0.15) is 54.0 Å². The van der Waals surface area contributed by atoms with Crippen LogP contribution in [-0.2, 0) is 12.1 Å². The molecule has 108 valence electrons. The summed E-state index contributed by atoms with van der Waals surface area (Å²) in [6.45, 7) is 3.11. The third-order valence-electron chi connectivity index (χ3n) is 5.26. The monoisotopic (exact) mass is 279 g/mol. The number of aliphatic hydroxyl groups is 1.